The Morgan fingerprint density at radius 2 is 1.97 bits per heavy atom. The van der Waals surface area contributed by atoms with Crippen LogP contribution >= 0.6 is 0 Å². The second-order valence-electron chi connectivity index (χ2n) is 6.80. The number of carbonyl (C=O) groups excluding carboxylic acids is 2. The van der Waals surface area contributed by atoms with Gasteiger partial charge in [-0.2, -0.15) is 0 Å². The fraction of sp³-hybridized carbons (Fsp3) is 0.350. The maximum absolute atomic E-state index is 13.1. The van der Waals surface area contributed by atoms with Crippen molar-refractivity contribution in [2.24, 2.45) is 0 Å². The molecule has 0 fully saturated rings. The zero-order valence-electron chi connectivity index (χ0n) is 16.3. The van der Waals surface area contributed by atoms with Gasteiger partial charge in [-0.15, -0.1) is 13.2 Å². The maximum Gasteiger partial charge on any atom is 0.573 e. The van der Waals surface area contributed by atoms with E-state index in [0.29, 0.717) is 24.5 Å². The summed E-state index contributed by atoms with van der Waals surface area (Å²) in [6.07, 6.45) is -1.74. The van der Waals surface area contributed by atoms with E-state index in [4.69, 9.17) is 4.74 Å². The molecular formula is C20H20F3N3O4. The van der Waals surface area contributed by atoms with Gasteiger partial charge in [0, 0.05) is 18.4 Å². The van der Waals surface area contributed by atoms with E-state index in [0.717, 1.165) is 18.6 Å². The van der Waals surface area contributed by atoms with Gasteiger partial charge in [-0.1, -0.05) is 13.3 Å². The SMILES string of the molecule is CCCCN1C(=O)[C@](C)(C(=O)Nc2ccc(OC(F)(F)F)cc2)Oc2cccnc21. The summed E-state index contributed by atoms with van der Waals surface area (Å²) in [6, 6.07) is 7.83. The summed E-state index contributed by atoms with van der Waals surface area (Å²) < 4.78 is 46.4. The minimum atomic E-state index is -4.82. The highest BCUT2D eigenvalue weighted by Gasteiger charge is 2.51. The molecule has 0 saturated carbocycles. The Morgan fingerprint density at radius 3 is 2.60 bits per heavy atom. The van der Waals surface area contributed by atoms with Crippen LogP contribution in [0, 0.1) is 0 Å². The van der Waals surface area contributed by atoms with Gasteiger partial charge in [0.1, 0.15) is 5.75 Å². The summed E-state index contributed by atoms with van der Waals surface area (Å²) in [5.41, 5.74) is -1.69. The molecule has 1 aromatic heterocycles. The number of alkyl halides is 3. The smallest absolute Gasteiger partial charge is 0.464 e. The van der Waals surface area contributed by atoms with Crippen molar-refractivity contribution < 1.29 is 32.2 Å². The summed E-state index contributed by atoms with van der Waals surface area (Å²) >= 11 is 0. The number of rotatable bonds is 6. The number of ether oxygens (including phenoxy) is 2. The van der Waals surface area contributed by atoms with E-state index in [1.165, 1.54) is 30.2 Å². The van der Waals surface area contributed by atoms with Crippen LogP contribution in [0.4, 0.5) is 24.7 Å². The summed E-state index contributed by atoms with van der Waals surface area (Å²) in [6.45, 7) is 3.69. The minimum absolute atomic E-state index is 0.184. The summed E-state index contributed by atoms with van der Waals surface area (Å²) in [5.74, 6) is -1.12. The van der Waals surface area contributed by atoms with E-state index in [9.17, 15) is 22.8 Å². The second-order valence-corrected chi connectivity index (χ2v) is 6.80. The van der Waals surface area contributed by atoms with Crippen molar-refractivity contribution in [3.8, 4) is 11.5 Å². The largest absolute Gasteiger partial charge is 0.573 e. The molecule has 0 aliphatic carbocycles. The predicted molar refractivity (Wildman–Crippen MR) is 102 cm³/mol. The lowest BCUT2D eigenvalue weighted by Gasteiger charge is -2.38. The Kier molecular flexibility index (Phi) is 5.86. The molecule has 2 heterocycles. The molecule has 1 N–H and O–H groups in total. The van der Waals surface area contributed by atoms with Crippen LogP contribution in [0.3, 0.4) is 0 Å². The van der Waals surface area contributed by atoms with Crippen molar-refractivity contribution in [2.75, 3.05) is 16.8 Å². The molecule has 30 heavy (non-hydrogen) atoms. The number of aromatic nitrogens is 1. The van der Waals surface area contributed by atoms with Gasteiger partial charge in [-0.25, -0.2) is 4.98 Å². The van der Waals surface area contributed by atoms with Gasteiger partial charge in [0.2, 0.25) is 0 Å². The number of amides is 2. The molecule has 10 heteroatoms. The van der Waals surface area contributed by atoms with Crippen LogP contribution in [0.25, 0.3) is 0 Å². The number of fused-ring (bicyclic) bond motifs is 1. The highest BCUT2D eigenvalue weighted by atomic mass is 19.4. The average molecular weight is 423 g/mol. The van der Waals surface area contributed by atoms with Gasteiger partial charge in [0.05, 0.1) is 0 Å². The van der Waals surface area contributed by atoms with Gasteiger partial charge in [-0.05, 0) is 49.7 Å². The van der Waals surface area contributed by atoms with Gasteiger partial charge in [0.25, 0.3) is 17.4 Å². The van der Waals surface area contributed by atoms with Gasteiger partial charge < -0.3 is 14.8 Å². The van der Waals surface area contributed by atoms with E-state index in [2.05, 4.69) is 15.0 Å². The third-order valence-corrected chi connectivity index (χ3v) is 4.49. The average Bonchev–Trinajstić information content (AvgIpc) is 2.69. The number of benzene rings is 1. The van der Waals surface area contributed by atoms with E-state index in [1.807, 2.05) is 6.92 Å². The summed E-state index contributed by atoms with van der Waals surface area (Å²) in [5, 5.41) is 2.51. The third kappa shape index (κ3) is 4.47. The zero-order chi connectivity index (χ0) is 21.9. The molecule has 0 unspecified atom stereocenters. The molecule has 1 aliphatic heterocycles. The summed E-state index contributed by atoms with van der Waals surface area (Å²) in [7, 11) is 0. The minimum Gasteiger partial charge on any atom is -0.464 e. The fourth-order valence-electron chi connectivity index (χ4n) is 2.94. The van der Waals surface area contributed by atoms with E-state index >= 15 is 0 Å². The third-order valence-electron chi connectivity index (χ3n) is 4.49. The van der Waals surface area contributed by atoms with Crippen LogP contribution < -0.4 is 19.7 Å². The molecule has 2 aromatic rings. The van der Waals surface area contributed by atoms with Crippen molar-refractivity contribution in [2.45, 2.75) is 38.7 Å². The molecule has 1 atom stereocenters. The Bertz CT molecular complexity index is 934. The highest BCUT2D eigenvalue weighted by Crippen LogP contribution is 2.36. The standard InChI is InChI=1S/C20H20F3N3O4/c1-3-4-12-26-16-15(6-5-11-24-16)30-19(2,18(26)28)17(27)25-13-7-9-14(10-8-13)29-20(21,22)23/h5-11H,3-4,12H2,1-2H3,(H,25,27)/t19-/m0/s1. The Labute approximate surface area is 170 Å². The molecule has 0 bridgehead atoms. The first-order valence-corrected chi connectivity index (χ1v) is 9.27. The molecule has 0 spiro atoms. The molecule has 0 radical (unpaired) electrons. The number of pyridine rings is 1. The van der Waals surface area contributed by atoms with Gasteiger partial charge in [-0.3, -0.25) is 14.5 Å². The van der Waals surface area contributed by atoms with Crippen molar-refractivity contribution in [1.82, 2.24) is 4.98 Å². The lowest BCUT2D eigenvalue weighted by molar-refractivity contribution is -0.274. The number of nitrogens with zero attached hydrogens (tertiary/aromatic N) is 2. The van der Waals surface area contributed by atoms with E-state index in [-0.39, 0.29) is 5.69 Å². The first-order chi connectivity index (χ1) is 14.1. The first-order valence-electron chi connectivity index (χ1n) is 9.27. The Balaban J connectivity index is 1.81. The van der Waals surface area contributed by atoms with Crippen molar-refractivity contribution in [3.05, 3.63) is 42.6 Å². The number of hydrogen-bond acceptors (Lipinski definition) is 5. The topological polar surface area (TPSA) is 80.8 Å². The lowest BCUT2D eigenvalue weighted by atomic mass is 10.0. The Hall–Kier alpha value is -3.30. The van der Waals surface area contributed by atoms with Gasteiger partial charge >= 0.3 is 6.36 Å². The maximum atomic E-state index is 13.1. The Morgan fingerprint density at radius 1 is 1.27 bits per heavy atom. The van der Waals surface area contributed by atoms with Crippen molar-refractivity contribution in [1.29, 1.82) is 0 Å². The van der Waals surface area contributed by atoms with Crippen LogP contribution in [0.2, 0.25) is 0 Å². The molecule has 160 valence electrons. The fourth-order valence-corrected chi connectivity index (χ4v) is 2.94. The predicted octanol–water partition coefficient (Wildman–Crippen LogP) is 3.90. The quantitative estimate of drug-likeness (QED) is 0.713. The van der Waals surface area contributed by atoms with Crippen molar-refractivity contribution in [3.63, 3.8) is 0 Å². The normalized spacial score (nSPS) is 18.4. The zero-order valence-corrected chi connectivity index (χ0v) is 16.3. The molecule has 0 saturated heterocycles. The molecule has 7 nitrogen and oxygen atoms in total. The molecule has 2 amide bonds. The van der Waals surface area contributed by atoms with Crippen LogP contribution in [-0.4, -0.2) is 35.3 Å². The number of halogens is 3. The van der Waals surface area contributed by atoms with E-state index in [1.54, 1.807) is 12.1 Å². The van der Waals surface area contributed by atoms with Crippen molar-refractivity contribution >= 4 is 23.3 Å². The van der Waals surface area contributed by atoms with Crippen LogP contribution in [-0.2, 0) is 9.59 Å². The molecule has 1 aromatic carbocycles. The molecule has 3 rings (SSSR count). The number of carbonyl (C=O) groups is 2. The molecular weight excluding hydrogens is 403 g/mol. The van der Waals surface area contributed by atoms with Gasteiger partial charge in [0.15, 0.2) is 11.6 Å². The number of unbranched alkanes of at least 4 members (excludes halogenated alkanes) is 1. The second kappa shape index (κ2) is 8.21. The van der Waals surface area contributed by atoms with Crippen LogP contribution in [0.5, 0.6) is 11.5 Å². The van der Waals surface area contributed by atoms with Crippen LogP contribution in [0.1, 0.15) is 26.7 Å². The number of hydrogen-bond donors (Lipinski definition) is 1. The monoisotopic (exact) mass is 423 g/mol. The first kappa shape index (κ1) is 21.4. The van der Waals surface area contributed by atoms with Crippen LogP contribution in [0.15, 0.2) is 42.6 Å². The number of anilines is 2. The number of nitrogens with one attached hydrogen (secondary N) is 1. The summed E-state index contributed by atoms with van der Waals surface area (Å²) in [4.78, 5) is 31.7. The van der Waals surface area contributed by atoms with E-state index < -0.39 is 29.5 Å². The lowest BCUT2D eigenvalue weighted by Crippen LogP contribution is -2.61. The highest BCUT2D eigenvalue weighted by molar-refractivity contribution is 6.19. The molecule has 1 aliphatic rings.